The molecule has 98 valence electrons. The van der Waals surface area contributed by atoms with Crippen LogP contribution in [0.25, 0.3) is 0 Å². The van der Waals surface area contributed by atoms with Gasteiger partial charge in [0.05, 0.1) is 0 Å². The quantitative estimate of drug-likeness (QED) is 0.866. The minimum Gasteiger partial charge on any atom is -0.356 e. The predicted octanol–water partition coefficient (Wildman–Crippen LogP) is 1.08. The summed E-state index contributed by atoms with van der Waals surface area (Å²) in [5.74, 6) is 0.427. The summed E-state index contributed by atoms with van der Waals surface area (Å²) in [6.45, 7) is 2.78. The van der Waals surface area contributed by atoms with Gasteiger partial charge in [-0.15, -0.1) is 0 Å². The highest BCUT2D eigenvalue weighted by atomic mass is 16.1. The zero-order valence-corrected chi connectivity index (χ0v) is 10.9. The normalized spacial score (nSPS) is 17.6. The fourth-order valence-electron chi connectivity index (χ4n) is 2.29. The highest BCUT2D eigenvalue weighted by Crippen LogP contribution is 2.15. The lowest BCUT2D eigenvalue weighted by atomic mass is 9.96. The second-order valence-electron chi connectivity index (χ2n) is 4.97. The van der Waals surface area contributed by atoms with Gasteiger partial charge in [0.1, 0.15) is 0 Å². The van der Waals surface area contributed by atoms with E-state index in [2.05, 4.69) is 22.2 Å². The van der Waals surface area contributed by atoms with E-state index in [1.165, 1.54) is 5.56 Å². The summed E-state index contributed by atoms with van der Waals surface area (Å²) < 4.78 is 0. The Labute approximate surface area is 108 Å². The lowest BCUT2D eigenvalue weighted by Gasteiger charge is -2.28. The fourth-order valence-corrected chi connectivity index (χ4v) is 2.29. The number of piperidine rings is 1. The van der Waals surface area contributed by atoms with Gasteiger partial charge in [-0.05, 0) is 57.1 Å². The fraction of sp³-hybridized carbons (Fsp3) is 0.571. The molecule has 1 aliphatic heterocycles. The minimum atomic E-state index is 0.207. The number of hydrogen-bond donors (Lipinski definition) is 1. The summed E-state index contributed by atoms with van der Waals surface area (Å²) >= 11 is 0. The Balaban J connectivity index is 1.69. The van der Waals surface area contributed by atoms with E-state index in [1.54, 1.807) is 12.4 Å². The van der Waals surface area contributed by atoms with Crippen LogP contribution in [0.3, 0.4) is 0 Å². The molecule has 4 nitrogen and oxygen atoms in total. The number of carbonyl (C=O) groups is 1. The van der Waals surface area contributed by atoms with Gasteiger partial charge in [-0.1, -0.05) is 0 Å². The SMILES string of the molecule is CN1CCC(C(=O)NCCc2ccncc2)CC1. The molecular formula is C14H21N3O. The predicted molar refractivity (Wildman–Crippen MR) is 71.2 cm³/mol. The van der Waals surface area contributed by atoms with E-state index in [9.17, 15) is 4.79 Å². The van der Waals surface area contributed by atoms with Crippen LogP contribution in [-0.2, 0) is 11.2 Å². The summed E-state index contributed by atoms with van der Waals surface area (Å²) in [6, 6.07) is 3.98. The molecule has 0 radical (unpaired) electrons. The Morgan fingerprint density at radius 2 is 2.06 bits per heavy atom. The van der Waals surface area contributed by atoms with Crippen LogP contribution in [0.2, 0.25) is 0 Å². The lowest BCUT2D eigenvalue weighted by Crippen LogP contribution is -2.39. The Morgan fingerprint density at radius 3 is 2.72 bits per heavy atom. The third-order valence-corrected chi connectivity index (χ3v) is 3.55. The monoisotopic (exact) mass is 247 g/mol. The summed E-state index contributed by atoms with van der Waals surface area (Å²) in [7, 11) is 2.11. The number of rotatable bonds is 4. The van der Waals surface area contributed by atoms with E-state index < -0.39 is 0 Å². The number of aromatic nitrogens is 1. The lowest BCUT2D eigenvalue weighted by molar-refractivity contribution is -0.126. The van der Waals surface area contributed by atoms with Crippen molar-refractivity contribution in [3.63, 3.8) is 0 Å². The molecule has 1 amide bonds. The number of amides is 1. The number of nitrogens with one attached hydrogen (secondary N) is 1. The third kappa shape index (κ3) is 3.81. The molecular weight excluding hydrogens is 226 g/mol. The first-order valence-corrected chi connectivity index (χ1v) is 6.61. The first-order chi connectivity index (χ1) is 8.75. The highest BCUT2D eigenvalue weighted by Gasteiger charge is 2.22. The molecule has 1 aliphatic rings. The number of pyridine rings is 1. The molecule has 0 spiro atoms. The maximum Gasteiger partial charge on any atom is 0.223 e. The number of carbonyl (C=O) groups excluding carboxylic acids is 1. The van der Waals surface area contributed by atoms with Crippen molar-refractivity contribution in [2.75, 3.05) is 26.7 Å². The summed E-state index contributed by atoms with van der Waals surface area (Å²) in [4.78, 5) is 18.2. The zero-order valence-electron chi connectivity index (χ0n) is 10.9. The first-order valence-electron chi connectivity index (χ1n) is 6.61. The van der Waals surface area contributed by atoms with Crippen LogP contribution in [0.5, 0.6) is 0 Å². The molecule has 2 rings (SSSR count). The van der Waals surface area contributed by atoms with Crippen molar-refractivity contribution in [3.05, 3.63) is 30.1 Å². The first kappa shape index (κ1) is 13.0. The zero-order chi connectivity index (χ0) is 12.8. The van der Waals surface area contributed by atoms with Crippen molar-refractivity contribution >= 4 is 5.91 Å². The maximum absolute atomic E-state index is 12.0. The molecule has 2 heterocycles. The molecule has 0 aliphatic carbocycles. The van der Waals surface area contributed by atoms with Crippen molar-refractivity contribution in [2.45, 2.75) is 19.3 Å². The standard InChI is InChI=1S/C14H21N3O/c1-17-10-5-13(6-11-17)14(18)16-9-4-12-2-7-15-8-3-12/h2-3,7-8,13H,4-6,9-11H2,1H3,(H,16,18). The van der Waals surface area contributed by atoms with Crippen molar-refractivity contribution < 1.29 is 4.79 Å². The van der Waals surface area contributed by atoms with Gasteiger partial charge in [0.2, 0.25) is 5.91 Å². The molecule has 0 aromatic carbocycles. The van der Waals surface area contributed by atoms with Gasteiger partial charge in [0.15, 0.2) is 0 Å². The smallest absolute Gasteiger partial charge is 0.223 e. The van der Waals surface area contributed by atoms with E-state index in [0.717, 1.165) is 38.9 Å². The third-order valence-electron chi connectivity index (χ3n) is 3.55. The molecule has 1 aromatic rings. The van der Waals surface area contributed by atoms with Gasteiger partial charge in [-0.25, -0.2) is 0 Å². The number of nitrogens with zero attached hydrogens (tertiary/aromatic N) is 2. The molecule has 1 saturated heterocycles. The largest absolute Gasteiger partial charge is 0.356 e. The maximum atomic E-state index is 12.0. The minimum absolute atomic E-state index is 0.207. The summed E-state index contributed by atoms with van der Waals surface area (Å²) in [6.07, 6.45) is 6.41. The molecule has 1 aromatic heterocycles. The van der Waals surface area contributed by atoms with Crippen LogP contribution < -0.4 is 5.32 Å². The van der Waals surface area contributed by atoms with Crippen LogP contribution in [-0.4, -0.2) is 42.5 Å². The van der Waals surface area contributed by atoms with Crippen LogP contribution in [0.4, 0.5) is 0 Å². The van der Waals surface area contributed by atoms with E-state index in [-0.39, 0.29) is 11.8 Å². The highest BCUT2D eigenvalue weighted by molar-refractivity contribution is 5.78. The molecule has 1 N–H and O–H groups in total. The molecule has 1 fully saturated rings. The van der Waals surface area contributed by atoms with Gasteiger partial charge in [-0.2, -0.15) is 0 Å². The average molecular weight is 247 g/mol. The van der Waals surface area contributed by atoms with Gasteiger partial charge in [0, 0.05) is 24.9 Å². The topological polar surface area (TPSA) is 45.2 Å². The van der Waals surface area contributed by atoms with E-state index in [4.69, 9.17) is 0 Å². The molecule has 0 atom stereocenters. The molecule has 18 heavy (non-hydrogen) atoms. The Morgan fingerprint density at radius 1 is 1.39 bits per heavy atom. The number of hydrogen-bond acceptors (Lipinski definition) is 3. The van der Waals surface area contributed by atoms with Crippen molar-refractivity contribution in [1.29, 1.82) is 0 Å². The van der Waals surface area contributed by atoms with E-state index >= 15 is 0 Å². The van der Waals surface area contributed by atoms with Crippen LogP contribution in [0, 0.1) is 5.92 Å². The Hall–Kier alpha value is -1.42. The summed E-state index contributed by atoms with van der Waals surface area (Å²) in [5.41, 5.74) is 1.22. The molecule has 0 saturated carbocycles. The Kier molecular flexibility index (Phi) is 4.70. The molecule has 0 bridgehead atoms. The van der Waals surface area contributed by atoms with Gasteiger partial charge in [-0.3, -0.25) is 9.78 Å². The van der Waals surface area contributed by atoms with E-state index in [1.807, 2.05) is 12.1 Å². The van der Waals surface area contributed by atoms with Gasteiger partial charge >= 0.3 is 0 Å². The van der Waals surface area contributed by atoms with Crippen LogP contribution in [0.15, 0.2) is 24.5 Å². The Bertz CT molecular complexity index is 372. The van der Waals surface area contributed by atoms with E-state index in [0.29, 0.717) is 0 Å². The van der Waals surface area contributed by atoms with Gasteiger partial charge < -0.3 is 10.2 Å². The number of likely N-dealkylation sites (tertiary alicyclic amines) is 1. The second kappa shape index (κ2) is 6.50. The second-order valence-corrected chi connectivity index (χ2v) is 4.97. The molecule has 0 unspecified atom stereocenters. The van der Waals surface area contributed by atoms with Crippen molar-refractivity contribution in [3.8, 4) is 0 Å². The average Bonchev–Trinajstić information content (AvgIpc) is 2.40. The van der Waals surface area contributed by atoms with Crippen molar-refractivity contribution in [2.24, 2.45) is 5.92 Å². The molecule has 4 heteroatoms. The van der Waals surface area contributed by atoms with Crippen molar-refractivity contribution in [1.82, 2.24) is 15.2 Å². The van der Waals surface area contributed by atoms with Crippen LogP contribution in [0.1, 0.15) is 18.4 Å². The van der Waals surface area contributed by atoms with Gasteiger partial charge in [0.25, 0.3) is 0 Å². The summed E-state index contributed by atoms with van der Waals surface area (Å²) in [5, 5.41) is 3.04. The van der Waals surface area contributed by atoms with Crippen LogP contribution >= 0.6 is 0 Å².